The number of amides is 1. The van der Waals surface area contributed by atoms with Gasteiger partial charge in [0.15, 0.2) is 5.13 Å². The van der Waals surface area contributed by atoms with Crippen molar-refractivity contribution in [3.8, 4) is 5.13 Å². The van der Waals surface area contributed by atoms with Crippen LogP contribution < -0.4 is 5.32 Å². The number of nitrogens with one attached hydrogen (secondary N) is 1. The molecular weight excluding hydrogens is 294 g/mol. The molecule has 1 amide bonds. The van der Waals surface area contributed by atoms with Gasteiger partial charge in [0.25, 0.3) is 5.91 Å². The van der Waals surface area contributed by atoms with Gasteiger partial charge in [0.05, 0.1) is 5.56 Å². The van der Waals surface area contributed by atoms with Crippen LogP contribution in [0.1, 0.15) is 27.3 Å². The maximum Gasteiger partial charge on any atom is 0.253 e. The third kappa shape index (κ3) is 2.80. The number of aromatic nitrogens is 2. The fourth-order valence-corrected chi connectivity index (χ4v) is 3.24. The molecule has 5 heteroatoms. The van der Waals surface area contributed by atoms with Gasteiger partial charge in [0, 0.05) is 29.5 Å². The van der Waals surface area contributed by atoms with E-state index in [1.807, 2.05) is 60.2 Å². The molecule has 112 valence electrons. The van der Waals surface area contributed by atoms with Crippen molar-refractivity contribution in [2.24, 2.45) is 0 Å². The molecule has 0 aliphatic carbocycles. The molecule has 0 spiro atoms. The molecule has 3 aromatic rings. The van der Waals surface area contributed by atoms with Crippen LogP contribution >= 0.6 is 11.3 Å². The normalized spacial score (nSPS) is 10.6. The van der Waals surface area contributed by atoms with E-state index in [1.54, 1.807) is 17.5 Å². The van der Waals surface area contributed by atoms with Crippen molar-refractivity contribution in [1.82, 2.24) is 14.9 Å². The van der Waals surface area contributed by atoms with Gasteiger partial charge in [0.1, 0.15) is 0 Å². The molecule has 0 fully saturated rings. The molecule has 0 unspecified atom stereocenters. The molecule has 0 bridgehead atoms. The zero-order valence-corrected chi connectivity index (χ0v) is 13.4. The SMILES string of the molecule is Cc1cc(C(=O)NCc2ccccc2)c(C)n1-c1nccs1. The van der Waals surface area contributed by atoms with Crippen molar-refractivity contribution in [2.75, 3.05) is 0 Å². The minimum atomic E-state index is -0.0558. The molecule has 0 radical (unpaired) electrons. The highest BCUT2D eigenvalue weighted by Gasteiger charge is 2.17. The molecule has 1 N–H and O–H groups in total. The Bertz CT molecular complexity index is 776. The first-order valence-corrected chi connectivity index (χ1v) is 7.95. The van der Waals surface area contributed by atoms with Crippen LogP contribution in [0.3, 0.4) is 0 Å². The van der Waals surface area contributed by atoms with Crippen molar-refractivity contribution in [2.45, 2.75) is 20.4 Å². The van der Waals surface area contributed by atoms with E-state index in [4.69, 9.17) is 0 Å². The first kappa shape index (κ1) is 14.5. The average molecular weight is 311 g/mol. The monoisotopic (exact) mass is 311 g/mol. The van der Waals surface area contributed by atoms with Gasteiger partial charge in [-0.2, -0.15) is 0 Å². The average Bonchev–Trinajstić information content (AvgIpc) is 3.14. The number of benzene rings is 1. The number of nitrogens with zero attached hydrogens (tertiary/aromatic N) is 2. The van der Waals surface area contributed by atoms with E-state index in [-0.39, 0.29) is 5.91 Å². The summed E-state index contributed by atoms with van der Waals surface area (Å²) in [5.41, 5.74) is 3.71. The number of hydrogen-bond donors (Lipinski definition) is 1. The molecule has 2 aromatic heterocycles. The van der Waals surface area contributed by atoms with Crippen LogP contribution in [0.4, 0.5) is 0 Å². The minimum Gasteiger partial charge on any atom is -0.348 e. The molecule has 0 atom stereocenters. The van der Waals surface area contributed by atoms with Crippen molar-refractivity contribution < 1.29 is 4.79 Å². The number of carbonyl (C=O) groups is 1. The zero-order chi connectivity index (χ0) is 15.5. The summed E-state index contributed by atoms with van der Waals surface area (Å²) >= 11 is 1.56. The first-order chi connectivity index (χ1) is 10.7. The van der Waals surface area contributed by atoms with Gasteiger partial charge in [-0.3, -0.25) is 9.36 Å². The summed E-state index contributed by atoms with van der Waals surface area (Å²) in [5.74, 6) is -0.0558. The predicted octanol–water partition coefficient (Wildman–Crippen LogP) is 3.48. The number of hydrogen-bond acceptors (Lipinski definition) is 3. The topological polar surface area (TPSA) is 46.9 Å². The summed E-state index contributed by atoms with van der Waals surface area (Å²) in [6, 6.07) is 11.8. The summed E-state index contributed by atoms with van der Waals surface area (Å²) in [6.45, 7) is 4.47. The highest BCUT2D eigenvalue weighted by atomic mass is 32.1. The van der Waals surface area contributed by atoms with E-state index in [9.17, 15) is 4.79 Å². The lowest BCUT2D eigenvalue weighted by atomic mass is 10.2. The highest BCUT2D eigenvalue weighted by molar-refractivity contribution is 7.12. The Morgan fingerprint density at radius 1 is 1.27 bits per heavy atom. The van der Waals surface area contributed by atoms with Crippen LogP contribution in [0.15, 0.2) is 48.0 Å². The molecule has 22 heavy (non-hydrogen) atoms. The maximum atomic E-state index is 12.4. The zero-order valence-electron chi connectivity index (χ0n) is 12.5. The van der Waals surface area contributed by atoms with Gasteiger partial charge in [-0.1, -0.05) is 30.3 Å². The molecular formula is C17H17N3OS. The van der Waals surface area contributed by atoms with E-state index >= 15 is 0 Å². The molecule has 0 saturated heterocycles. The lowest BCUT2D eigenvalue weighted by Crippen LogP contribution is -2.23. The Morgan fingerprint density at radius 2 is 2.05 bits per heavy atom. The summed E-state index contributed by atoms with van der Waals surface area (Å²) in [6.07, 6.45) is 1.77. The van der Waals surface area contributed by atoms with Crippen LogP contribution in [-0.4, -0.2) is 15.5 Å². The Morgan fingerprint density at radius 3 is 2.73 bits per heavy atom. The van der Waals surface area contributed by atoms with Gasteiger partial charge < -0.3 is 5.32 Å². The van der Waals surface area contributed by atoms with Crippen LogP contribution in [0.25, 0.3) is 5.13 Å². The molecule has 0 aliphatic heterocycles. The number of aryl methyl sites for hydroxylation is 1. The van der Waals surface area contributed by atoms with E-state index in [0.717, 1.165) is 22.1 Å². The molecule has 2 heterocycles. The summed E-state index contributed by atoms with van der Waals surface area (Å²) in [7, 11) is 0. The molecule has 3 rings (SSSR count). The highest BCUT2D eigenvalue weighted by Crippen LogP contribution is 2.22. The van der Waals surface area contributed by atoms with Gasteiger partial charge in [0.2, 0.25) is 0 Å². The van der Waals surface area contributed by atoms with Crippen LogP contribution in [0, 0.1) is 13.8 Å². The summed E-state index contributed by atoms with van der Waals surface area (Å²) in [4.78, 5) is 16.8. The van der Waals surface area contributed by atoms with Gasteiger partial charge in [-0.05, 0) is 25.5 Å². The first-order valence-electron chi connectivity index (χ1n) is 7.08. The van der Waals surface area contributed by atoms with E-state index in [0.29, 0.717) is 12.1 Å². The smallest absolute Gasteiger partial charge is 0.253 e. The predicted molar refractivity (Wildman–Crippen MR) is 88.5 cm³/mol. The summed E-state index contributed by atoms with van der Waals surface area (Å²) in [5, 5.41) is 5.79. The van der Waals surface area contributed by atoms with Crippen LogP contribution in [0.2, 0.25) is 0 Å². The van der Waals surface area contributed by atoms with Crippen molar-refractivity contribution in [3.05, 3.63) is 70.5 Å². The second-order valence-electron chi connectivity index (χ2n) is 5.10. The van der Waals surface area contributed by atoms with Gasteiger partial charge in [-0.15, -0.1) is 11.3 Å². The Balaban J connectivity index is 1.80. The third-order valence-electron chi connectivity index (χ3n) is 3.58. The van der Waals surface area contributed by atoms with Crippen LogP contribution in [-0.2, 0) is 6.54 Å². The second-order valence-corrected chi connectivity index (χ2v) is 5.98. The molecule has 0 aliphatic rings. The van der Waals surface area contributed by atoms with Crippen LogP contribution in [0.5, 0.6) is 0 Å². The standard InChI is InChI=1S/C17H17N3OS/c1-12-10-15(13(2)20(12)17-18-8-9-22-17)16(21)19-11-14-6-4-3-5-7-14/h3-10H,11H2,1-2H3,(H,19,21). The van der Waals surface area contributed by atoms with Crippen molar-refractivity contribution in [3.63, 3.8) is 0 Å². The minimum absolute atomic E-state index is 0.0558. The lowest BCUT2D eigenvalue weighted by Gasteiger charge is -2.07. The second kappa shape index (κ2) is 6.15. The van der Waals surface area contributed by atoms with Crippen molar-refractivity contribution >= 4 is 17.2 Å². The van der Waals surface area contributed by atoms with Crippen molar-refractivity contribution in [1.29, 1.82) is 0 Å². The fourth-order valence-electron chi connectivity index (χ4n) is 2.49. The van der Waals surface area contributed by atoms with E-state index in [2.05, 4.69) is 10.3 Å². The quantitative estimate of drug-likeness (QED) is 0.802. The maximum absolute atomic E-state index is 12.4. The fraction of sp³-hybridized carbons (Fsp3) is 0.176. The molecule has 1 aromatic carbocycles. The third-order valence-corrected chi connectivity index (χ3v) is 4.34. The summed E-state index contributed by atoms with van der Waals surface area (Å²) < 4.78 is 2.02. The Hall–Kier alpha value is -2.40. The van der Waals surface area contributed by atoms with E-state index in [1.165, 1.54) is 0 Å². The largest absolute Gasteiger partial charge is 0.348 e. The molecule has 0 saturated carbocycles. The Labute approximate surface area is 133 Å². The number of thiazole rings is 1. The number of carbonyl (C=O) groups excluding carboxylic acids is 1. The number of rotatable bonds is 4. The Kier molecular flexibility index (Phi) is 4.06. The lowest BCUT2D eigenvalue weighted by molar-refractivity contribution is 0.0950. The van der Waals surface area contributed by atoms with Gasteiger partial charge in [-0.25, -0.2) is 4.98 Å². The molecule has 4 nitrogen and oxygen atoms in total. The van der Waals surface area contributed by atoms with E-state index < -0.39 is 0 Å². The van der Waals surface area contributed by atoms with Gasteiger partial charge >= 0.3 is 0 Å².